The second kappa shape index (κ2) is 29.5. The summed E-state index contributed by atoms with van der Waals surface area (Å²) in [5.41, 5.74) is 79.4. The van der Waals surface area contributed by atoms with Crippen LogP contribution >= 0.6 is 0 Å². The summed E-state index contributed by atoms with van der Waals surface area (Å²) in [7, 11) is 8.76. The minimum absolute atomic E-state index is 1.01. The maximum Gasteiger partial charge on any atom is 0.216 e. The number of nitrogens with zero attached hydrogens (tertiary/aromatic N) is 4. The first-order valence-electron chi connectivity index (χ1n) is 45.1. The third-order valence-corrected chi connectivity index (χ3v) is 29.9. The molecule has 4 heterocycles. The average molecular weight is 1610 g/mol. The first kappa shape index (κ1) is 78.5. The van der Waals surface area contributed by atoms with Gasteiger partial charge < -0.3 is 0 Å². The number of pyridine rings is 4. The molecule has 0 saturated heterocycles. The minimum atomic E-state index is 1.01. The van der Waals surface area contributed by atoms with Crippen molar-refractivity contribution in [1.82, 2.24) is 0 Å². The summed E-state index contributed by atoms with van der Waals surface area (Å²) in [6.07, 6.45) is 17.2. The Bertz CT molecular complexity index is 7360. The Balaban J connectivity index is 0.000000101. The second-order valence-electron chi connectivity index (χ2n) is 38.3. The van der Waals surface area contributed by atoms with E-state index in [1.807, 2.05) is 0 Å². The molecular formula is C120H112N4+4. The molecule has 0 atom stereocenters. The van der Waals surface area contributed by atoms with Crippen molar-refractivity contribution in [3.63, 3.8) is 0 Å². The third kappa shape index (κ3) is 12.7. The van der Waals surface area contributed by atoms with Crippen molar-refractivity contribution >= 4 is 0 Å². The lowest BCUT2D eigenvalue weighted by Gasteiger charge is -2.12. The van der Waals surface area contributed by atoms with Crippen molar-refractivity contribution < 1.29 is 18.3 Å². The molecule has 608 valence electrons. The van der Waals surface area contributed by atoms with E-state index in [9.17, 15) is 0 Å². The van der Waals surface area contributed by atoms with Crippen molar-refractivity contribution in [2.75, 3.05) is 0 Å². The van der Waals surface area contributed by atoms with E-state index < -0.39 is 0 Å². The van der Waals surface area contributed by atoms with Crippen LogP contribution in [0.5, 0.6) is 0 Å². The molecule has 0 fully saturated rings. The normalized spacial score (nSPS) is 13.1. The summed E-state index contributed by atoms with van der Waals surface area (Å²) in [5, 5.41) is 0. The zero-order chi connectivity index (χ0) is 85.8. The SMILES string of the molecule is Cc1cc(C)c(C)c(-c2c3c(cc[n+]2C)-c2cc4c(cc2C3)-c2c(C)cccc2C4)c1.Cc1cc(C)c(C)c(-c2c3c(cc[n+]2C)-c2cc4c(cc2C3)-c2cccc(C)c2C4)c1.Cc1ccc2c(c1)-c1cc3c(cc1C2)-c1cc[n+](C)c(-c2cc(C)cc(C)c2C)c1C3.Cc1ccc2c(c1)Cc1cc3c(cc1-2)Cc1c-3cc[n+](C)c1-c1cc(C)cc(C)c1C. The van der Waals surface area contributed by atoms with Crippen LogP contribution in [0.2, 0.25) is 0 Å². The molecule has 0 saturated carbocycles. The van der Waals surface area contributed by atoms with Crippen LogP contribution in [0.1, 0.15) is 178 Å². The highest BCUT2D eigenvalue weighted by Crippen LogP contribution is 2.53. The van der Waals surface area contributed by atoms with Crippen LogP contribution in [-0.4, -0.2) is 0 Å². The predicted molar refractivity (Wildman–Crippen MR) is 514 cm³/mol. The standard InChI is InChI=1S/4C30H28N/c1-17-6-7-24-21(11-17)13-22-14-28-23(15-27(22)24)16-29-25(28)8-9-31(5)30(29)26-12-18(2)10-19(3)20(26)4;1-17-6-7-21-13-22-14-27-23(15-28(22)26(21)11-17)16-29-24(27)8-9-31(5)30(29)25-12-18(2)10-19(3)20(25)4;1-17-11-19(3)20(4)26(12-17)30-29-16-22-15-27-21(13-25-18(2)7-6-8-23(25)27)14-28(22)24(29)9-10-31(30)5;1-17-11-19(3)20(4)25(12-17)30-28-16-23-15-27-22(13-21-8-6-7-18(2)29(21)27)14-26(23)24(28)9-10-31(30)5/h4*6-12,14-15H,13,16H2,1-5H3/q4*+1. The molecule has 4 heteroatoms. The van der Waals surface area contributed by atoms with Gasteiger partial charge in [-0.2, -0.15) is 0 Å². The largest absolute Gasteiger partial charge is 0.216 e. The molecule has 4 nitrogen and oxygen atoms in total. The first-order chi connectivity index (χ1) is 59.6. The van der Waals surface area contributed by atoms with E-state index in [4.69, 9.17) is 0 Å². The maximum atomic E-state index is 2.49. The van der Waals surface area contributed by atoms with Crippen LogP contribution in [0.3, 0.4) is 0 Å². The Hall–Kier alpha value is -12.8. The Kier molecular flexibility index (Phi) is 18.7. The van der Waals surface area contributed by atoms with Crippen LogP contribution in [0.15, 0.2) is 219 Å². The van der Waals surface area contributed by atoms with Gasteiger partial charge in [-0.1, -0.05) is 130 Å². The molecule has 0 unspecified atom stereocenters. The molecule has 24 rings (SSSR count). The van der Waals surface area contributed by atoms with Gasteiger partial charge >= 0.3 is 0 Å². The number of aryl methyl sites for hydroxylation is 16. The van der Waals surface area contributed by atoms with E-state index in [-0.39, 0.29) is 0 Å². The number of benzene rings is 12. The smallest absolute Gasteiger partial charge is 0.201 e. The molecule has 0 radical (unpaired) electrons. The zero-order valence-electron chi connectivity index (χ0n) is 76.2. The van der Waals surface area contributed by atoms with Gasteiger partial charge in [-0.05, 0) is 421 Å². The average Bonchev–Trinajstić information content (AvgIpc) is 1.59. The van der Waals surface area contributed by atoms with E-state index in [1.54, 1.807) is 0 Å². The molecule has 0 spiro atoms. The van der Waals surface area contributed by atoms with Crippen molar-refractivity contribution in [2.24, 2.45) is 28.2 Å². The minimum Gasteiger partial charge on any atom is -0.201 e. The van der Waals surface area contributed by atoms with Gasteiger partial charge in [-0.15, -0.1) is 0 Å². The van der Waals surface area contributed by atoms with Gasteiger partial charge in [0.2, 0.25) is 22.8 Å². The topological polar surface area (TPSA) is 15.5 Å². The van der Waals surface area contributed by atoms with Crippen molar-refractivity contribution in [3.8, 4) is 134 Å². The zero-order valence-corrected chi connectivity index (χ0v) is 76.2. The summed E-state index contributed by atoms with van der Waals surface area (Å²) >= 11 is 0. The van der Waals surface area contributed by atoms with Gasteiger partial charge in [0.1, 0.15) is 28.2 Å². The lowest BCUT2D eigenvalue weighted by Crippen LogP contribution is -2.32. The van der Waals surface area contributed by atoms with Gasteiger partial charge in [0.25, 0.3) is 0 Å². The number of fused-ring (bicyclic) bond motifs is 24. The van der Waals surface area contributed by atoms with Gasteiger partial charge in [0, 0.05) is 94.5 Å². The fraction of sp³-hybridized carbons (Fsp3) is 0.233. The van der Waals surface area contributed by atoms with Crippen LogP contribution in [-0.2, 0) is 79.6 Å². The Morgan fingerprint density at radius 1 is 0.169 bits per heavy atom. The van der Waals surface area contributed by atoms with Crippen LogP contribution < -0.4 is 18.3 Å². The van der Waals surface area contributed by atoms with E-state index >= 15 is 0 Å². The van der Waals surface area contributed by atoms with E-state index in [1.165, 1.54) is 312 Å². The van der Waals surface area contributed by atoms with Crippen LogP contribution in [0.25, 0.3) is 134 Å². The number of rotatable bonds is 4. The summed E-state index contributed by atoms with van der Waals surface area (Å²) < 4.78 is 9.27. The first-order valence-corrected chi connectivity index (χ1v) is 45.1. The highest BCUT2D eigenvalue weighted by Gasteiger charge is 2.38. The molecule has 8 aliphatic carbocycles. The Morgan fingerprint density at radius 2 is 0.444 bits per heavy atom. The molecule has 16 aromatic rings. The highest BCUT2D eigenvalue weighted by atomic mass is 14.9. The summed E-state index contributed by atoms with van der Waals surface area (Å²) in [5.74, 6) is 0. The number of hydrogen-bond acceptors (Lipinski definition) is 0. The summed E-state index contributed by atoms with van der Waals surface area (Å²) in [4.78, 5) is 0. The predicted octanol–water partition coefficient (Wildman–Crippen LogP) is 26.2. The van der Waals surface area contributed by atoms with Crippen LogP contribution in [0, 0.1) is 111 Å². The lowest BCUT2D eigenvalue weighted by molar-refractivity contribution is -0.660. The highest BCUT2D eigenvalue weighted by molar-refractivity contribution is 5.94. The summed E-state index contributed by atoms with van der Waals surface area (Å²) in [6, 6.07) is 75.0. The summed E-state index contributed by atoms with van der Waals surface area (Å²) in [6.45, 7) is 35.7. The lowest BCUT2D eigenvalue weighted by atomic mass is 9.93. The maximum absolute atomic E-state index is 2.49. The molecule has 0 N–H and O–H groups in total. The monoisotopic (exact) mass is 1610 g/mol. The van der Waals surface area contributed by atoms with Gasteiger partial charge in [-0.3, -0.25) is 0 Å². The molecule has 0 bridgehead atoms. The number of aromatic nitrogens is 4. The molecule has 0 amide bonds. The third-order valence-electron chi connectivity index (χ3n) is 29.9. The van der Waals surface area contributed by atoms with E-state index in [0.717, 1.165) is 51.4 Å². The number of hydrogen-bond donors (Lipinski definition) is 0. The molecular weight excluding hydrogens is 1500 g/mol. The fourth-order valence-electron chi connectivity index (χ4n) is 23.2. The van der Waals surface area contributed by atoms with E-state index in [2.05, 4.69) is 376 Å². The molecule has 124 heavy (non-hydrogen) atoms. The molecule has 4 aromatic heterocycles. The van der Waals surface area contributed by atoms with Crippen LogP contribution in [0.4, 0.5) is 0 Å². The molecule has 8 aliphatic rings. The Morgan fingerprint density at radius 3 is 0.847 bits per heavy atom. The van der Waals surface area contributed by atoms with Crippen molar-refractivity contribution in [3.05, 3.63) is 397 Å². The van der Waals surface area contributed by atoms with Crippen molar-refractivity contribution in [2.45, 2.75) is 162 Å². The Labute approximate surface area is 734 Å². The quantitative estimate of drug-likeness (QED) is 0.156. The second-order valence-corrected chi connectivity index (χ2v) is 38.3. The van der Waals surface area contributed by atoms with Crippen molar-refractivity contribution in [1.29, 1.82) is 0 Å². The fourth-order valence-corrected chi connectivity index (χ4v) is 23.2. The van der Waals surface area contributed by atoms with Gasteiger partial charge in [-0.25, -0.2) is 18.3 Å². The molecule has 0 aliphatic heterocycles. The van der Waals surface area contributed by atoms with Gasteiger partial charge in [0.05, 0.1) is 0 Å². The van der Waals surface area contributed by atoms with Gasteiger partial charge in [0.15, 0.2) is 24.8 Å². The molecule has 12 aromatic carbocycles. The van der Waals surface area contributed by atoms with E-state index in [0.29, 0.717) is 0 Å².